The fourth-order valence-electron chi connectivity index (χ4n) is 2.40. The lowest BCUT2D eigenvalue weighted by molar-refractivity contribution is 0.262. The lowest BCUT2D eigenvalue weighted by Crippen LogP contribution is -2.20. The Bertz CT molecular complexity index is 920. The predicted octanol–water partition coefficient (Wildman–Crippen LogP) is 5.35. The number of hydrogen-bond donors (Lipinski definition) is 2. The molecular weight excluding hydrogens is 344 g/mol. The van der Waals surface area contributed by atoms with Crippen LogP contribution in [0.1, 0.15) is 10.6 Å². The second kappa shape index (κ2) is 6.98. The number of aromatic nitrogens is 1. The van der Waals surface area contributed by atoms with Crippen LogP contribution in [-0.4, -0.2) is 11.0 Å². The Kier molecular flexibility index (Phi) is 4.76. The number of hydrogen-bond acceptors (Lipinski definition) is 3. The predicted molar refractivity (Wildman–Crippen MR) is 96.0 cm³/mol. The number of nitrogens with one attached hydrogen (secondary N) is 2. The van der Waals surface area contributed by atoms with Gasteiger partial charge in [-0.3, -0.25) is 5.32 Å². The van der Waals surface area contributed by atoms with Crippen molar-refractivity contribution in [2.45, 2.75) is 13.8 Å². The largest absolute Gasteiger partial charge is 0.324 e. The van der Waals surface area contributed by atoms with Crippen LogP contribution in [-0.2, 0) is 0 Å². The second-order valence-electron chi connectivity index (χ2n) is 5.40. The van der Waals surface area contributed by atoms with Crippen LogP contribution in [0.2, 0.25) is 0 Å². The summed E-state index contributed by atoms with van der Waals surface area (Å²) in [4.78, 5) is 16.7. The van der Waals surface area contributed by atoms with E-state index in [4.69, 9.17) is 0 Å². The van der Waals surface area contributed by atoms with Crippen molar-refractivity contribution in [2.75, 3.05) is 10.6 Å². The van der Waals surface area contributed by atoms with Crippen molar-refractivity contribution in [3.63, 3.8) is 0 Å². The molecule has 0 unspecified atom stereocenters. The Hall–Kier alpha value is -2.80. The van der Waals surface area contributed by atoms with Gasteiger partial charge in [0, 0.05) is 5.56 Å². The zero-order valence-electron chi connectivity index (χ0n) is 13.6. The second-order valence-corrected chi connectivity index (χ2v) is 6.60. The summed E-state index contributed by atoms with van der Waals surface area (Å²) in [5.74, 6) is -1.68. The maximum atomic E-state index is 13.7. The summed E-state index contributed by atoms with van der Waals surface area (Å²) in [6.45, 7) is 3.77. The minimum absolute atomic E-state index is 0.487. The van der Waals surface area contributed by atoms with Crippen LogP contribution in [0.15, 0.2) is 42.5 Å². The number of nitrogens with zero attached hydrogens (tertiary/aromatic N) is 1. The van der Waals surface area contributed by atoms with Gasteiger partial charge in [0.1, 0.15) is 28.0 Å². The molecule has 0 saturated heterocycles. The third kappa shape index (κ3) is 3.66. The first kappa shape index (κ1) is 17.0. The molecule has 25 heavy (non-hydrogen) atoms. The minimum Gasteiger partial charge on any atom is -0.303 e. The highest BCUT2D eigenvalue weighted by atomic mass is 32.1. The Labute approximate surface area is 147 Å². The van der Waals surface area contributed by atoms with Crippen molar-refractivity contribution in [1.29, 1.82) is 0 Å². The summed E-state index contributed by atoms with van der Waals surface area (Å²) in [5.41, 5.74) is 2.04. The van der Waals surface area contributed by atoms with Crippen molar-refractivity contribution in [3.05, 3.63) is 64.7 Å². The first-order valence-corrected chi connectivity index (χ1v) is 8.33. The molecule has 1 aromatic heterocycles. The Morgan fingerprint density at radius 2 is 1.68 bits per heavy atom. The maximum absolute atomic E-state index is 13.7. The van der Waals surface area contributed by atoms with Gasteiger partial charge < -0.3 is 5.32 Å². The molecule has 0 aliphatic heterocycles. The van der Waals surface area contributed by atoms with E-state index in [9.17, 15) is 13.6 Å². The van der Waals surface area contributed by atoms with E-state index in [0.717, 1.165) is 28.3 Å². The van der Waals surface area contributed by atoms with Gasteiger partial charge in [0.05, 0.1) is 5.01 Å². The number of halogens is 2. The first-order valence-electron chi connectivity index (χ1n) is 7.51. The average Bonchev–Trinajstić information content (AvgIpc) is 2.91. The van der Waals surface area contributed by atoms with E-state index in [1.807, 2.05) is 38.1 Å². The normalized spacial score (nSPS) is 10.6. The molecule has 4 nitrogen and oxygen atoms in total. The number of carbonyl (C=O) groups is 1. The molecule has 128 valence electrons. The Balaban J connectivity index is 1.87. The number of anilines is 2. The summed E-state index contributed by atoms with van der Waals surface area (Å²) in [6, 6.07) is 10.3. The number of urea groups is 1. The van der Waals surface area contributed by atoms with Crippen molar-refractivity contribution < 1.29 is 13.6 Å². The first-order chi connectivity index (χ1) is 12.0. The van der Waals surface area contributed by atoms with Gasteiger partial charge in [0.25, 0.3) is 0 Å². The van der Waals surface area contributed by atoms with Crippen molar-refractivity contribution in [2.24, 2.45) is 0 Å². The molecule has 3 aromatic rings. The minimum atomic E-state index is -0.838. The Morgan fingerprint density at radius 3 is 2.36 bits per heavy atom. The smallest absolute Gasteiger partial charge is 0.303 e. The average molecular weight is 359 g/mol. The van der Waals surface area contributed by atoms with E-state index >= 15 is 0 Å². The molecule has 0 bridgehead atoms. The third-order valence-corrected chi connectivity index (χ3v) is 4.45. The summed E-state index contributed by atoms with van der Waals surface area (Å²) in [6.07, 6.45) is 0. The van der Waals surface area contributed by atoms with E-state index in [1.165, 1.54) is 17.4 Å². The molecule has 7 heteroatoms. The lowest BCUT2D eigenvalue weighted by atomic mass is 10.1. The molecule has 2 N–H and O–H groups in total. The molecule has 0 saturated carbocycles. The van der Waals surface area contributed by atoms with Crippen molar-refractivity contribution in [1.82, 2.24) is 4.98 Å². The quantitative estimate of drug-likeness (QED) is 0.662. The van der Waals surface area contributed by atoms with Crippen LogP contribution in [0.4, 0.5) is 24.3 Å². The molecule has 2 aromatic carbocycles. The fraction of sp³-hybridized carbons (Fsp3) is 0.111. The molecule has 0 aliphatic rings. The number of thiazole rings is 1. The third-order valence-electron chi connectivity index (χ3n) is 3.56. The number of carbonyl (C=O) groups excluding carboxylic acids is 1. The monoisotopic (exact) mass is 359 g/mol. The van der Waals surface area contributed by atoms with E-state index < -0.39 is 23.4 Å². The molecule has 0 spiro atoms. The number of amides is 2. The molecule has 0 fully saturated rings. The zero-order valence-corrected chi connectivity index (χ0v) is 14.4. The van der Waals surface area contributed by atoms with E-state index in [2.05, 4.69) is 15.6 Å². The summed E-state index contributed by atoms with van der Waals surface area (Å²) in [7, 11) is 0. The van der Waals surface area contributed by atoms with Gasteiger partial charge in [-0.25, -0.2) is 18.6 Å². The molecule has 0 radical (unpaired) electrons. The van der Waals surface area contributed by atoms with Crippen molar-refractivity contribution in [3.8, 4) is 11.3 Å². The summed E-state index contributed by atoms with van der Waals surface area (Å²) in [5, 5.41) is 6.12. The van der Waals surface area contributed by atoms with Gasteiger partial charge >= 0.3 is 6.03 Å². The SMILES string of the molecule is Cc1nc(-c2ccccc2C)c(NC(=O)Nc2c(F)cccc2F)s1. The number of aryl methyl sites for hydroxylation is 2. The molecule has 2 amide bonds. The van der Waals surface area contributed by atoms with E-state index in [-0.39, 0.29) is 0 Å². The van der Waals surface area contributed by atoms with Gasteiger partial charge in [0.15, 0.2) is 0 Å². The number of rotatable bonds is 3. The molecule has 3 rings (SSSR count). The summed E-state index contributed by atoms with van der Waals surface area (Å²) < 4.78 is 27.3. The standard InChI is InChI=1S/C18H15F2N3OS/c1-10-6-3-4-7-12(10)15-17(25-11(2)21-15)23-18(24)22-16-13(19)8-5-9-14(16)20/h3-9H,1-2H3,(H2,22,23,24). The highest BCUT2D eigenvalue weighted by Gasteiger charge is 2.17. The van der Waals surface area contributed by atoms with Crippen LogP contribution < -0.4 is 10.6 Å². The van der Waals surface area contributed by atoms with E-state index in [1.54, 1.807) is 0 Å². The van der Waals surface area contributed by atoms with Crippen LogP contribution in [0.3, 0.4) is 0 Å². The number of para-hydroxylation sites is 1. The number of benzene rings is 2. The zero-order chi connectivity index (χ0) is 18.0. The van der Waals surface area contributed by atoms with Crippen molar-refractivity contribution >= 4 is 28.1 Å². The molecule has 1 heterocycles. The highest BCUT2D eigenvalue weighted by Crippen LogP contribution is 2.34. The maximum Gasteiger partial charge on any atom is 0.324 e. The highest BCUT2D eigenvalue weighted by molar-refractivity contribution is 7.16. The topological polar surface area (TPSA) is 54.0 Å². The van der Waals surface area contributed by atoms with Crippen LogP contribution in [0.5, 0.6) is 0 Å². The Morgan fingerprint density at radius 1 is 1.00 bits per heavy atom. The van der Waals surface area contributed by atoms with Crippen LogP contribution >= 0.6 is 11.3 Å². The molecule has 0 atom stereocenters. The van der Waals surface area contributed by atoms with E-state index in [0.29, 0.717) is 10.7 Å². The van der Waals surface area contributed by atoms with Crippen LogP contribution in [0.25, 0.3) is 11.3 Å². The van der Waals surface area contributed by atoms with Gasteiger partial charge in [0.2, 0.25) is 0 Å². The molecule has 0 aliphatic carbocycles. The van der Waals surface area contributed by atoms with Crippen LogP contribution in [0, 0.1) is 25.5 Å². The molecular formula is C18H15F2N3OS. The van der Waals surface area contributed by atoms with Gasteiger partial charge in [-0.2, -0.15) is 0 Å². The fourth-order valence-corrected chi connectivity index (χ4v) is 3.23. The summed E-state index contributed by atoms with van der Waals surface area (Å²) >= 11 is 1.29. The van der Waals surface area contributed by atoms with Gasteiger partial charge in [-0.15, -0.1) is 11.3 Å². The van der Waals surface area contributed by atoms with Gasteiger partial charge in [-0.05, 0) is 31.5 Å². The van der Waals surface area contributed by atoms with Gasteiger partial charge in [-0.1, -0.05) is 30.3 Å². The lowest BCUT2D eigenvalue weighted by Gasteiger charge is -2.10.